The molecule has 0 bridgehead atoms. The van der Waals surface area contributed by atoms with Gasteiger partial charge in [-0.1, -0.05) is 29.8 Å². The standard InChI is InChI=1S/C21H15ClF3NO3/c1-12-18(20(28)29-2)17(10-13-6-8-15(22)9-7-13)19(27)26(12)16-5-3-4-14(11-16)21(23,24)25/h3-11H,1-2H3/b17-10-. The lowest BCUT2D eigenvalue weighted by Gasteiger charge is -2.19. The second kappa shape index (κ2) is 7.75. The lowest BCUT2D eigenvalue weighted by Crippen LogP contribution is -2.24. The highest BCUT2D eigenvalue weighted by atomic mass is 35.5. The number of anilines is 1. The number of alkyl halides is 3. The minimum Gasteiger partial charge on any atom is -0.465 e. The molecule has 4 nitrogen and oxygen atoms in total. The maximum atomic E-state index is 13.1. The smallest absolute Gasteiger partial charge is 0.416 e. The molecular formula is C21H15ClF3NO3. The Balaban J connectivity index is 2.13. The van der Waals surface area contributed by atoms with Crippen molar-refractivity contribution in [3.63, 3.8) is 0 Å². The van der Waals surface area contributed by atoms with Crippen LogP contribution < -0.4 is 4.90 Å². The molecule has 29 heavy (non-hydrogen) atoms. The number of ether oxygens (including phenoxy) is 1. The van der Waals surface area contributed by atoms with Crippen LogP contribution in [-0.4, -0.2) is 19.0 Å². The van der Waals surface area contributed by atoms with Crippen LogP contribution in [0.15, 0.2) is 65.4 Å². The Labute approximate surface area is 169 Å². The average molecular weight is 422 g/mol. The van der Waals surface area contributed by atoms with Crippen LogP contribution in [0.3, 0.4) is 0 Å². The molecule has 0 radical (unpaired) electrons. The molecule has 2 aromatic carbocycles. The highest BCUT2D eigenvalue weighted by molar-refractivity contribution is 6.30. The molecule has 0 N–H and O–H groups in total. The molecule has 0 atom stereocenters. The first-order valence-corrected chi connectivity index (χ1v) is 8.80. The van der Waals surface area contributed by atoms with Crippen LogP contribution in [-0.2, 0) is 20.5 Å². The minimum absolute atomic E-state index is 0.00299. The number of carbonyl (C=O) groups excluding carboxylic acids is 2. The summed E-state index contributed by atoms with van der Waals surface area (Å²) in [5, 5.41) is 0.496. The molecule has 1 aliphatic rings. The van der Waals surface area contributed by atoms with Crippen LogP contribution in [0.25, 0.3) is 6.08 Å². The lowest BCUT2D eigenvalue weighted by atomic mass is 10.0. The molecule has 0 unspecified atom stereocenters. The molecular weight excluding hydrogens is 407 g/mol. The minimum atomic E-state index is -4.57. The second-order valence-electron chi connectivity index (χ2n) is 6.25. The van der Waals surface area contributed by atoms with Crippen LogP contribution in [0.2, 0.25) is 5.02 Å². The summed E-state index contributed by atoms with van der Waals surface area (Å²) >= 11 is 5.87. The Morgan fingerprint density at radius 2 is 1.79 bits per heavy atom. The zero-order valence-corrected chi connectivity index (χ0v) is 16.1. The molecule has 8 heteroatoms. The highest BCUT2D eigenvalue weighted by Crippen LogP contribution is 2.38. The van der Waals surface area contributed by atoms with Gasteiger partial charge in [-0.2, -0.15) is 13.2 Å². The van der Waals surface area contributed by atoms with Gasteiger partial charge in [0, 0.05) is 16.4 Å². The second-order valence-corrected chi connectivity index (χ2v) is 6.69. The van der Waals surface area contributed by atoms with Crippen molar-refractivity contribution in [2.24, 2.45) is 0 Å². The molecule has 2 aromatic rings. The van der Waals surface area contributed by atoms with Gasteiger partial charge in [-0.15, -0.1) is 0 Å². The first-order chi connectivity index (χ1) is 13.6. The zero-order chi connectivity index (χ0) is 21.3. The fourth-order valence-corrected chi connectivity index (χ4v) is 3.16. The predicted molar refractivity (Wildman–Crippen MR) is 103 cm³/mol. The van der Waals surface area contributed by atoms with Crippen molar-refractivity contribution in [2.45, 2.75) is 13.1 Å². The fourth-order valence-electron chi connectivity index (χ4n) is 3.04. The molecule has 1 amide bonds. The largest absolute Gasteiger partial charge is 0.465 e. The van der Waals surface area contributed by atoms with Crippen LogP contribution in [0.1, 0.15) is 18.1 Å². The Morgan fingerprint density at radius 3 is 2.38 bits per heavy atom. The van der Waals surface area contributed by atoms with Crippen molar-refractivity contribution >= 4 is 35.2 Å². The third-order valence-corrected chi connectivity index (χ3v) is 4.65. The molecule has 0 fully saturated rings. The van der Waals surface area contributed by atoms with Crippen LogP contribution in [0.5, 0.6) is 0 Å². The number of carbonyl (C=O) groups is 2. The maximum absolute atomic E-state index is 13.1. The van der Waals surface area contributed by atoms with E-state index in [0.29, 0.717) is 10.6 Å². The summed E-state index contributed by atoms with van der Waals surface area (Å²) in [6.07, 6.45) is -3.09. The van der Waals surface area contributed by atoms with E-state index < -0.39 is 23.6 Å². The predicted octanol–water partition coefficient (Wildman–Crippen LogP) is 5.24. The van der Waals surface area contributed by atoms with Gasteiger partial charge in [0.1, 0.15) is 0 Å². The monoisotopic (exact) mass is 421 g/mol. The summed E-state index contributed by atoms with van der Waals surface area (Å²) in [6, 6.07) is 10.9. The summed E-state index contributed by atoms with van der Waals surface area (Å²) in [4.78, 5) is 26.5. The number of benzene rings is 2. The Kier molecular flexibility index (Phi) is 5.53. The maximum Gasteiger partial charge on any atom is 0.416 e. The first-order valence-electron chi connectivity index (χ1n) is 8.42. The Morgan fingerprint density at radius 1 is 1.14 bits per heavy atom. The summed E-state index contributed by atoms with van der Waals surface area (Å²) < 4.78 is 44.1. The van der Waals surface area contributed by atoms with Crippen LogP contribution >= 0.6 is 11.6 Å². The lowest BCUT2D eigenvalue weighted by molar-refractivity contribution is -0.137. The van der Waals surface area contributed by atoms with E-state index in [9.17, 15) is 22.8 Å². The summed E-state index contributed by atoms with van der Waals surface area (Å²) in [5.41, 5.74) is -0.105. The van der Waals surface area contributed by atoms with E-state index in [1.54, 1.807) is 24.3 Å². The normalized spacial score (nSPS) is 16.0. The quantitative estimate of drug-likeness (QED) is 0.503. The van der Waals surface area contributed by atoms with Crippen molar-refractivity contribution in [1.29, 1.82) is 0 Å². The SMILES string of the molecule is COC(=O)C1=C(C)N(c2cccc(C(F)(F)F)c2)C(=O)/C1=C\c1ccc(Cl)cc1. The third-order valence-electron chi connectivity index (χ3n) is 4.40. The Hall–Kier alpha value is -3.06. The molecule has 0 saturated carbocycles. The molecule has 0 spiro atoms. The number of halogens is 4. The summed E-state index contributed by atoms with van der Waals surface area (Å²) in [7, 11) is 1.17. The molecule has 150 valence electrons. The number of methoxy groups -OCH3 is 1. The molecule has 1 heterocycles. The highest BCUT2D eigenvalue weighted by Gasteiger charge is 2.39. The van der Waals surface area contributed by atoms with Crippen molar-refractivity contribution in [2.75, 3.05) is 12.0 Å². The molecule has 1 aliphatic heterocycles. The fraction of sp³-hybridized carbons (Fsp3) is 0.143. The van der Waals surface area contributed by atoms with Gasteiger partial charge >= 0.3 is 12.1 Å². The number of nitrogens with zero attached hydrogens (tertiary/aromatic N) is 1. The van der Waals surface area contributed by atoms with Crippen molar-refractivity contribution in [3.8, 4) is 0 Å². The summed E-state index contributed by atoms with van der Waals surface area (Å²) in [6.45, 7) is 1.48. The van der Waals surface area contributed by atoms with E-state index in [1.165, 1.54) is 32.2 Å². The van der Waals surface area contributed by atoms with Gasteiger partial charge in [-0.05, 0) is 48.9 Å². The number of hydrogen-bond acceptors (Lipinski definition) is 3. The van der Waals surface area contributed by atoms with E-state index in [2.05, 4.69) is 0 Å². The first kappa shape index (κ1) is 20.7. The molecule has 0 saturated heterocycles. The van der Waals surface area contributed by atoms with E-state index in [-0.39, 0.29) is 22.5 Å². The van der Waals surface area contributed by atoms with Gasteiger partial charge < -0.3 is 4.74 Å². The number of hydrogen-bond donors (Lipinski definition) is 0. The van der Waals surface area contributed by atoms with Gasteiger partial charge in [0.15, 0.2) is 0 Å². The average Bonchev–Trinajstić information content (AvgIpc) is 2.92. The number of rotatable bonds is 3. The molecule has 0 aromatic heterocycles. The van der Waals surface area contributed by atoms with Crippen LogP contribution in [0, 0.1) is 0 Å². The van der Waals surface area contributed by atoms with Gasteiger partial charge in [0.2, 0.25) is 0 Å². The van der Waals surface area contributed by atoms with Gasteiger partial charge in [0.05, 0.1) is 23.8 Å². The van der Waals surface area contributed by atoms with Gasteiger partial charge in [-0.25, -0.2) is 4.79 Å². The number of esters is 1. The summed E-state index contributed by atoms with van der Waals surface area (Å²) in [5.74, 6) is -1.39. The molecule has 0 aliphatic carbocycles. The van der Waals surface area contributed by atoms with Gasteiger partial charge in [-0.3, -0.25) is 9.69 Å². The van der Waals surface area contributed by atoms with E-state index >= 15 is 0 Å². The van der Waals surface area contributed by atoms with E-state index in [0.717, 1.165) is 17.0 Å². The topological polar surface area (TPSA) is 46.6 Å². The van der Waals surface area contributed by atoms with E-state index in [4.69, 9.17) is 16.3 Å². The van der Waals surface area contributed by atoms with Crippen molar-refractivity contribution < 1.29 is 27.5 Å². The molecule has 3 rings (SSSR count). The van der Waals surface area contributed by atoms with Gasteiger partial charge in [0.25, 0.3) is 5.91 Å². The van der Waals surface area contributed by atoms with E-state index in [1.807, 2.05) is 0 Å². The zero-order valence-electron chi connectivity index (χ0n) is 15.4. The third kappa shape index (κ3) is 4.05. The van der Waals surface area contributed by atoms with Crippen molar-refractivity contribution in [1.82, 2.24) is 0 Å². The Bertz CT molecular complexity index is 1040. The number of amides is 1. The van der Waals surface area contributed by atoms with Crippen molar-refractivity contribution in [3.05, 3.63) is 81.5 Å². The number of allylic oxidation sites excluding steroid dienone is 1. The van der Waals surface area contributed by atoms with Crippen LogP contribution in [0.4, 0.5) is 18.9 Å².